The molecule has 1 aliphatic heterocycles. The van der Waals surface area contributed by atoms with Gasteiger partial charge in [-0.2, -0.15) is 0 Å². The Balaban J connectivity index is 2.25. The summed E-state index contributed by atoms with van der Waals surface area (Å²) in [6.07, 6.45) is 3.66. The first kappa shape index (κ1) is 10.8. The molecule has 5 nitrogen and oxygen atoms in total. The van der Waals surface area contributed by atoms with Crippen molar-refractivity contribution in [1.29, 1.82) is 0 Å². The maximum atomic E-state index is 12.8. The van der Waals surface area contributed by atoms with Crippen LogP contribution in [0.1, 0.15) is 0 Å². The van der Waals surface area contributed by atoms with Gasteiger partial charge in [0, 0.05) is 0 Å². The number of rotatable bonds is 1. The molecule has 0 N–H and O–H groups in total. The van der Waals surface area contributed by atoms with Crippen molar-refractivity contribution < 1.29 is 4.39 Å². The lowest BCUT2D eigenvalue weighted by Gasteiger charge is -2.08. The van der Waals surface area contributed by atoms with E-state index in [4.69, 9.17) is 0 Å². The highest BCUT2D eigenvalue weighted by Gasteiger charge is 2.17. The molecule has 18 heavy (non-hydrogen) atoms. The Morgan fingerprint density at radius 2 is 1.39 bits per heavy atom. The second-order valence-electron chi connectivity index (χ2n) is 4.01. The molecule has 0 radical (unpaired) electrons. The van der Waals surface area contributed by atoms with Gasteiger partial charge in [0.1, 0.15) is 5.82 Å². The van der Waals surface area contributed by atoms with Crippen molar-refractivity contribution >= 4 is 0 Å². The van der Waals surface area contributed by atoms with E-state index in [0.29, 0.717) is 18.8 Å². The predicted molar refractivity (Wildman–Crippen MR) is 63.4 cm³/mol. The zero-order valence-electron chi connectivity index (χ0n) is 9.41. The van der Waals surface area contributed by atoms with Gasteiger partial charge in [0.2, 0.25) is 0 Å². The van der Waals surface area contributed by atoms with Crippen LogP contribution in [0.2, 0.25) is 0 Å². The molecule has 2 heterocycles. The maximum absolute atomic E-state index is 12.8. The second kappa shape index (κ2) is 3.83. The molecule has 0 fully saturated rings. The minimum Gasteiger partial charge on any atom is -0.245 e. The summed E-state index contributed by atoms with van der Waals surface area (Å²) in [5.74, 6) is -0.405. The molecule has 0 saturated heterocycles. The van der Waals surface area contributed by atoms with Crippen LogP contribution in [0.5, 0.6) is 0 Å². The minimum absolute atomic E-state index is 0.376. The minimum atomic E-state index is -0.407. The molecule has 0 amide bonds. The fraction of sp³-hybridized carbons (Fsp3) is 0.167. The lowest BCUT2D eigenvalue weighted by molar-refractivity contribution is 0.482. The van der Waals surface area contributed by atoms with Crippen LogP contribution in [0, 0.1) is 5.82 Å². The Kier molecular flexibility index (Phi) is 2.29. The molecule has 1 aromatic carbocycles. The van der Waals surface area contributed by atoms with Gasteiger partial charge in [-0.15, -0.1) is 0 Å². The number of aromatic nitrogens is 3. The summed E-state index contributed by atoms with van der Waals surface area (Å²) in [5, 5.41) is 0. The molecule has 0 saturated carbocycles. The molecule has 0 spiro atoms. The van der Waals surface area contributed by atoms with Gasteiger partial charge < -0.3 is 0 Å². The Labute approximate surface area is 101 Å². The molecule has 0 unspecified atom stereocenters. The van der Waals surface area contributed by atoms with E-state index in [-0.39, 0.29) is 0 Å². The zero-order valence-corrected chi connectivity index (χ0v) is 9.41. The van der Waals surface area contributed by atoms with Crippen molar-refractivity contribution in [2.24, 2.45) is 0 Å². The van der Waals surface area contributed by atoms with Crippen LogP contribution < -0.4 is 11.4 Å². The normalized spacial score (nSPS) is 13.6. The average Bonchev–Trinajstić information content (AvgIpc) is 2.64. The highest BCUT2D eigenvalue weighted by molar-refractivity contribution is 5.31. The number of nitrogens with zero attached hydrogens (tertiary/aromatic N) is 3. The van der Waals surface area contributed by atoms with Gasteiger partial charge in [0.05, 0.1) is 18.8 Å². The lowest BCUT2D eigenvalue weighted by Crippen LogP contribution is -2.28. The Hall–Kier alpha value is -2.37. The first-order valence-electron chi connectivity index (χ1n) is 5.52. The highest BCUT2D eigenvalue weighted by Crippen LogP contribution is 2.05. The molecule has 3 rings (SSSR count). The summed E-state index contributed by atoms with van der Waals surface area (Å²) in [6, 6.07) is 5.28. The van der Waals surface area contributed by atoms with Crippen LogP contribution in [0.3, 0.4) is 0 Å². The van der Waals surface area contributed by atoms with Crippen LogP contribution in [-0.4, -0.2) is 13.9 Å². The van der Waals surface area contributed by atoms with Crippen molar-refractivity contribution in [3.05, 3.63) is 63.2 Å². The van der Waals surface area contributed by atoms with Gasteiger partial charge in [-0.1, -0.05) is 12.2 Å². The summed E-state index contributed by atoms with van der Waals surface area (Å²) in [5.41, 5.74) is -0.437. The molecule has 0 bridgehead atoms. The lowest BCUT2D eigenvalue weighted by atomic mass is 10.3. The van der Waals surface area contributed by atoms with Crippen molar-refractivity contribution in [3.8, 4) is 5.69 Å². The summed E-state index contributed by atoms with van der Waals surface area (Å²) in [7, 11) is 0. The molecule has 2 aromatic rings. The van der Waals surface area contributed by atoms with E-state index in [9.17, 15) is 14.0 Å². The number of hydrogen-bond donors (Lipinski definition) is 0. The molecule has 1 aliphatic rings. The van der Waals surface area contributed by atoms with Crippen LogP contribution in [-0.2, 0) is 13.1 Å². The van der Waals surface area contributed by atoms with Gasteiger partial charge in [-0.05, 0) is 24.3 Å². The third-order valence-corrected chi connectivity index (χ3v) is 2.92. The van der Waals surface area contributed by atoms with Crippen LogP contribution in [0.25, 0.3) is 5.69 Å². The third-order valence-electron chi connectivity index (χ3n) is 2.92. The summed E-state index contributed by atoms with van der Waals surface area (Å²) in [6.45, 7) is 0.755. The van der Waals surface area contributed by atoms with Gasteiger partial charge in [-0.25, -0.2) is 27.9 Å². The highest BCUT2D eigenvalue weighted by atomic mass is 19.1. The van der Waals surface area contributed by atoms with Gasteiger partial charge >= 0.3 is 11.4 Å². The fourth-order valence-corrected chi connectivity index (χ4v) is 2.03. The standard InChI is InChI=1S/C12H10FN3O2/c13-9-3-5-10(6-4-9)16-11(17)14-7-1-2-8-15(14)12(16)18/h1-6H,7-8H2. The van der Waals surface area contributed by atoms with Gasteiger partial charge in [-0.3, -0.25) is 0 Å². The second-order valence-corrected chi connectivity index (χ2v) is 4.01. The van der Waals surface area contributed by atoms with Gasteiger partial charge in [0.25, 0.3) is 0 Å². The number of fused-ring (bicyclic) bond motifs is 1. The van der Waals surface area contributed by atoms with E-state index in [0.717, 1.165) is 4.57 Å². The quantitative estimate of drug-likeness (QED) is 0.689. The smallest absolute Gasteiger partial charge is 0.245 e. The van der Waals surface area contributed by atoms with Crippen molar-refractivity contribution in [2.45, 2.75) is 13.1 Å². The Bertz CT molecular complexity index is 695. The Morgan fingerprint density at radius 1 is 0.889 bits per heavy atom. The summed E-state index contributed by atoms with van der Waals surface area (Å²) >= 11 is 0. The van der Waals surface area contributed by atoms with E-state index in [1.54, 1.807) is 0 Å². The number of benzene rings is 1. The van der Waals surface area contributed by atoms with Crippen molar-refractivity contribution in [3.63, 3.8) is 0 Å². The third kappa shape index (κ3) is 1.46. The summed E-state index contributed by atoms with van der Waals surface area (Å²) in [4.78, 5) is 24.2. The van der Waals surface area contributed by atoms with E-state index in [1.165, 1.54) is 33.6 Å². The largest absolute Gasteiger partial charge is 0.352 e. The maximum Gasteiger partial charge on any atom is 0.352 e. The van der Waals surface area contributed by atoms with E-state index < -0.39 is 17.2 Å². The van der Waals surface area contributed by atoms with E-state index in [2.05, 4.69) is 0 Å². The SMILES string of the molecule is O=c1n(-c2ccc(F)cc2)c(=O)n2n1CC=CC2. The first-order chi connectivity index (χ1) is 8.68. The number of hydrogen-bond acceptors (Lipinski definition) is 2. The summed E-state index contributed by atoms with van der Waals surface area (Å²) < 4.78 is 16.6. The predicted octanol–water partition coefficient (Wildman–Crippen LogP) is 0.510. The molecule has 6 heteroatoms. The van der Waals surface area contributed by atoms with Crippen molar-refractivity contribution in [1.82, 2.24) is 13.9 Å². The first-order valence-corrected chi connectivity index (χ1v) is 5.52. The van der Waals surface area contributed by atoms with E-state index in [1.807, 2.05) is 12.2 Å². The number of halogens is 1. The van der Waals surface area contributed by atoms with Crippen LogP contribution in [0.15, 0.2) is 46.0 Å². The molecule has 1 aromatic heterocycles. The molecular formula is C12H10FN3O2. The van der Waals surface area contributed by atoms with Crippen LogP contribution in [0.4, 0.5) is 4.39 Å². The molecule has 0 atom stereocenters. The van der Waals surface area contributed by atoms with Gasteiger partial charge in [0.15, 0.2) is 0 Å². The van der Waals surface area contributed by atoms with E-state index >= 15 is 0 Å². The topological polar surface area (TPSA) is 48.9 Å². The molecule has 0 aliphatic carbocycles. The monoisotopic (exact) mass is 247 g/mol. The Morgan fingerprint density at radius 3 is 1.89 bits per heavy atom. The molecular weight excluding hydrogens is 237 g/mol. The number of allylic oxidation sites excluding steroid dienone is 2. The molecule has 92 valence electrons. The van der Waals surface area contributed by atoms with Crippen molar-refractivity contribution in [2.75, 3.05) is 0 Å². The zero-order chi connectivity index (χ0) is 12.7. The fourth-order valence-electron chi connectivity index (χ4n) is 2.03. The van der Waals surface area contributed by atoms with Crippen LogP contribution >= 0.6 is 0 Å². The average molecular weight is 247 g/mol.